The number of carbonyl (C=O) groups excluding carboxylic acids is 2. The molecule has 0 aliphatic carbocycles. The van der Waals surface area contributed by atoms with Gasteiger partial charge in [0.2, 0.25) is 0 Å². The van der Waals surface area contributed by atoms with Crippen LogP contribution >= 0.6 is 0 Å². The first kappa shape index (κ1) is 21.4. The number of cyclic esters (lactones) is 1. The van der Waals surface area contributed by atoms with Gasteiger partial charge in [0.25, 0.3) is 0 Å². The Morgan fingerprint density at radius 3 is 2.55 bits per heavy atom. The molecule has 3 rings (SSSR count). The molecule has 0 aromatic heterocycles. The largest absolute Gasteiger partial charge is 0.463 e. The zero-order chi connectivity index (χ0) is 21.0. The smallest absolute Gasteiger partial charge is 0.335 e. The topological polar surface area (TPSA) is 132 Å². The van der Waals surface area contributed by atoms with Crippen molar-refractivity contribution >= 4 is 18.0 Å². The van der Waals surface area contributed by atoms with Crippen LogP contribution in [0, 0.1) is 5.92 Å². The zero-order valence-electron chi connectivity index (χ0n) is 15.8. The lowest BCUT2D eigenvalue weighted by Gasteiger charge is -2.40. The number of rotatable bonds is 6. The standard InChI is InChI=1S/C20H24O9/c1-11-9-27-19(25)18(11)29-20-17(24)16(23)15(22)13(28-20)10-26-14(21)8-7-12-5-3-2-4-6-12/h2-8,11,13,15-18,20,22-24H,9-10H2,1H3/t11-,13-,15-,16+,17-,18-,20-/m1/s1. The lowest BCUT2D eigenvalue weighted by molar-refractivity contribution is -0.310. The maximum Gasteiger partial charge on any atom is 0.335 e. The maximum atomic E-state index is 11.9. The highest BCUT2D eigenvalue weighted by Gasteiger charge is 2.47. The third-order valence-corrected chi connectivity index (χ3v) is 4.79. The average molecular weight is 408 g/mol. The van der Waals surface area contributed by atoms with Crippen molar-refractivity contribution in [3.05, 3.63) is 42.0 Å². The van der Waals surface area contributed by atoms with Gasteiger partial charge < -0.3 is 34.3 Å². The van der Waals surface area contributed by atoms with Gasteiger partial charge in [0.15, 0.2) is 12.4 Å². The van der Waals surface area contributed by atoms with E-state index in [4.69, 9.17) is 18.9 Å². The first-order valence-electron chi connectivity index (χ1n) is 9.28. The zero-order valence-corrected chi connectivity index (χ0v) is 15.8. The summed E-state index contributed by atoms with van der Waals surface area (Å²) in [4.78, 5) is 23.6. The highest BCUT2D eigenvalue weighted by molar-refractivity contribution is 5.87. The Hall–Kier alpha value is -2.30. The quantitative estimate of drug-likeness (QED) is 0.426. The van der Waals surface area contributed by atoms with E-state index in [9.17, 15) is 24.9 Å². The Morgan fingerprint density at radius 1 is 1.17 bits per heavy atom. The molecule has 0 amide bonds. The molecule has 0 spiro atoms. The predicted molar refractivity (Wildman–Crippen MR) is 98.1 cm³/mol. The third kappa shape index (κ3) is 5.20. The molecule has 1 aromatic rings. The molecule has 0 radical (unpaired) electrons. The first-order valence-corrected chi connectivity index (χ1v) is 9.28. The number of aliphatic hydroxyl groups excluding tert-OH is 3. The van der Waals surface area contributed by atoms with E-state index < -0.39 is 48.7 Å². The Morgan fingerprint density at radius 2 is 1.90 bits per heavy atom. The van der Waals surface area contributed by atoms with Crippen LogP contribution < -0.4 is 0 Å². The van der Waals surface area contributed by atoms with Gasteiger partial charge in [0.05, 0.1) is 6.61 Å². The van der Waals surface area contributed by atoms with Gasteiger partial charge >= 0.3 is 11.9 Å². The monoisotopic (exact) mass is 408 g/mol. The SMILES string of the molecule is C[C@@H]1COC(=O)[C@@H]1O[C@H]1O[C@H](COC(=O)C=Cc2ccccc2)[C@@H](O)[C@H](O)[C@H]1O. The molecule has 3 N–H and O–H groups in total. The van der Waals surface area contributed by atoms with Gasteiger partial charge in [-0.25, -0.2) is 9.59 Å². The molecule has 2 saturated heterocycles. The molecule has 2 aliphatic rings. The number of carbonyl (C=O) groups is 2. The molecule has 9 nitrogen and oxygen atoms in total. The van der Waals surface area contributed by atoms with Crippen LogP contribution in [0.5, 0.6) is 0 Å². The van der Waals surface area contributed by atoms with Crippen LogP contribution in [0.25, 0.3) is 6.08 Å². The molecule has 158 valence electrons. The van der Waals surface area contributed by atoms with E-state index in [1.165, 1.54) is 6.08 Å². The van der Waals surface area contributed by atoms with E-state index >= 15 is 0 Å². The lowest BCUT2D eigenvalue weighted by Crippen LogP contribution is -2.60. The summed E-state index contributed by atoms with van der Waals surface area (Å²) < 4.78 is 20.9. The van der Waals surface area contributed by atoms with Crippen molar-refractivity contribution in [2.45, 2.75) is 43.7 Å². The summed E-state index contributed by atoms with van der Waals surface area (Å²) in [5, 5.41) is 30.3. The van der Waals surface area contributed by atoms with Crippen LogP contribution in [0.2, 0.25) is 0 Å². The highest BCUT2D eigenvalue weighted by Crippen LogP contribution is 2.27. The molecular formula is C20H24O9. The van der Waals surface area contributed by atoms with Gasteiger partial charge in [0, 0.05) is 12.0 Å². The van der Waals surface area contributed by atoms with E-state index in [0.29, 0.717) is 0 Å². The number of hydrogen-bond acceptors (Lipinski definition) is 9. The van der Waals surface area contributed by atoms with Crippen LogP contribution in [-0.2, 0) is 28.5 Å². The van der Waals surface area contributed by atoms with Crippen LogP contribution in [0.15, 0.2) is 36.4 Å². The molecular weight excluding hydrogens is 384 g/mol. The second-order valence-electron chi connectivity index (χ2n) is 7.05. The Balaban J connectivity index is 1.57. The lowest BCUT2D eigenvalue weighted by atomic mass is 9.99. The Kier molecular flexibility index (Phi) is 6.99. The summed E-state index contributed by atoms with van der Waals surface area (Å²) >= 11 is 0. The number of esters is 2. The van der Waals surface area contributed by atoms with Gasteiger partial charge in [-0.1, -0.05) is 37.3 Å². The molecule has 29 heavy (non-hydrogen) atoms. The third-order valence-electron chi connectivity index (χ3n) is 4.79. The Bertz CT molecular complexity index is 735. The molecule has 0 bridgehead atoms. The maximum absolute atomic E-state index is 11.9. The summed E-state index contributed by atoms with van der Waals surface area (Å²) in [5.74, 6) is -1.53. The second-order valence-corrected chi connectivity index (χ2v) is 7.05. The summed E-state index contributed by atoms with van der Waals surface area (Å²) in [6.45, 7) is 1.52. The fraction of sp³-hybridized carbons (Fsp3) is 0.500. The molecule has 0 saturated carbocycles. The first-order chi connectivity index (χ1) is 13.9. The molecule has 2 aliphatic heterocycles. The molecule has 2 fully saturated rings. The van der Waals surface area contributed by atoms with Crippen molar-refractivity contribution in [2.75, 3.05) is 13.2 Å². The van der Waals surface area contributed by atoms with Crippen LogP contribution in [-0.4, -0.2) is 77.3 Å². The van der Waals surface area contributed by atoms with Gasteiger partial charge in [-0.3, -0.25) is 0 Å². The van der Waals surface area contributed by atoms with Crippen molar-refractivity contribution < 1.29 is 43.9 Å². The van der Waals surface area contributed by atoms with Crippen molar-refractivity contribution in [3.63, 3.8) is 0 Å². The number of aliphatic hydroxyl groups is 3. The fourth-order valence-electron chi connectivity index (χ4n) is 3.06. The van der Waals surface area contributed by atoms with Gasteiger partial charge in [-0.15, -0.1) is 0 Å². The summed E-state index contributed by atoms with van der Waals surface area (Å²) in [6, 6.07) is 9.12. The molecule has 7 atom stereocenters. The normalized spacial score (nSPS) is 34.9. The van der Waals surface area contributed by atoms with E-state index in [1.807, 2.05) is 30.3 Å². The summed E-state index contributed by atoms with van der Waals surface area (Å²) in [5.41, 5.74) is 0.808. The van der Waals surface area contributed by atoms with Gasteiger partial charge in [0.1, 0.15) is 31.0 Å². The average Bonchev–Trinajstić information content (AvgIpc) is 3.04. The number of ether oxygens (including phenoxy) is 4. The molecule has 0 unspecified atom stereocenters. The predicted octanol–water partition coefficient (Wildman–Crippen LogP) is -0.371. The van der Waals surface area contributed by atoms with Crippen molar-refractivity contribution in [1.29, 1.82) is 0 Å². The minimum Gasteiger partial charge on any atom is -0.463 e. The van der Waals surface area contributed by atoms with Crippen molar-refractivity contribution in [1.82, 2.24) is 0 Å². The molecule has 2 heterocycles. The second kappa shape index (κ2) is 9.47. The van der Waals surface area contributed by atoms with Gasteiger partial charge in [-0.05, 0) is 11.6 Å². The number of hydrogen-bond donors (Lipinski definition) is 3. The van der Waals surface area contributed by atoms with E-state index in [2.05, 4.69) is 0 Å². The van der Waals surface area contributed by atoms with Crippen LogP contribution in [0.1, 0.15) is 12.5 Å². The fourth-order valence-corrected chi connectivity index (χ4v) is 3.06. The van der Waals surface area contributed by atoms with Crippen molar-refractivity contribution in [2.24, 2.45) is 5.92 Å². The van der Waals surface area contributed by atoms with Crippen LogP contribution in [0.4, 0.5) is 0 Å². The van der Waals surface area contributed by atoms with Crippen LogP contribution in [0.3, 0.4) is 0 Å². The number of benzene rings is 1. The van der Waals surface area contributed by atoms with Crippen molar-refractivity contribution in [3.8, 4) is 0 Å². The minimum atomic E-state index is -1.61. The highest BCUT2D eigenvalue weighted by atomic mass is 16.7. The van der Waals surface area contributed by atoms with E-state index in [1.54, 1.807) is 13.0 Å². The molecule has 1 aromatic carbocycles. The summed E-state index contributed by atoms with van der Waals surface area (Å²) in [7, 11) is 0. The molecule has 9 heteroatoms. The van der Waals surface area contributed by atoms with E-state index in [-0.39, 0.29) is 19.1 Å². The Labute approximate surface area is 167 Å². The van der Waals surface area contributed by atoms with E-state index in [0.717, 1.165) is 5.56 Å². The van der Waals surface area contributed by atoms with Gasteiger partial charge in [-0.2, -0.15) is 0 Å². The minimum absolute atomic E-state index is 0.173. The summed E-state index contributed by atoms with van der Waals surface area (Å²) in [6.07, 6.45) is -5.42.